The van der Waals surface area contributed by atoms with Crippen molar-refractivity contribution in [3.8, 4) is 5.75 Å². The first-order valence-corrected chi connectivity index (χ1v) is 12.5. The molecule has 0 radical (unpaired) electrons. The average Bonchev–Trinajstić information content (AvgIpc) is 3.31. The molecule has 2 N–H and O–H groups in total. The summed E-state index contributed by atoms with van der Waals surface area (Å²) in [6.07, 6.45) is 2.61. The highest BCUT2D eigenvalue weighted by Gasteiger charge is 2.25. The highest BCUT2D eigenvalue weighted by atomic mass is 16.5. The molecule has 0 unspecified atom stereocenters. The Balaban J connectivity index is 1.77. The number of amides is 3. The summed E-state index contributed by atoms with van der Waals surface area (Å²) in [4.78, 5) is 44.5. The first kappa shape index (κ1) is 27.6. The summed E-state index contributed by atoms with van der Waals surface area (Å²) >= 11 is 0. The van der Waals surface area contributed by atoms with Gasteiger partial charge in [-0.1, -0.05) is 36.4 Å². The van der Waals surface area contributed by atoms with E-state index in [0.29, 0.717) is 25.3 Å². The molecule has 198 valence electrons. The average molecular weight is 509 g/mol. The minimum absolute atomic E-state index is 0.130. The van der Waals surface area contributed by atoms with Crippen molar-refractivity contribution >= 4 is 28.8 Å². The Morgan fingerprint density at radius 1 is 1.03 bits per heavy atom. The highest BCUT2D eigenvalue weighted by molar-refractivity contribution is 5.86. The number of aromatic amines is 1. The predicted octanol–water partition coefficient (Wildman–Crippen LogP) is 3.73. The van der Waals surface area contributed by atoms with E-state index in [1.54, 1.807) is 18.9 Å². The number of nitrogens with one attached hydrogen (secondary N) is 2. The summed E-state index contributed by atoms with van der Waals surface area (Å²) < 4.78 is 10.4. The fourth-order valence-electron chi connectivity index (χ4n) is 4.12. The van der Waals surface area contributed by atoms with Crippen LogP contribution < -0.4 is 10.1 Å². The van der Waals surface area contributed by atoms with Crippen LogP contribution in [0.4, 0.5) is 4.79 Å². The Morgan fingerprint density at radius 3 is 2.49 bits per heavy atom. The van der Waals surface area contributed by atoms with Gasteiger partial charge in [-0.05, 0) is 44.9 Å². The molecule has 2 aromatic carbocycles. The van der Waals surface area contributed by atoms with E-state index in [2.05, 4.69) is 16.4 Å². The van der Waals surface area contributed by atoms with Crippen LogP contribution in [0.5, 0.6) is 5.75 Å². The van der Waals surface area contributed by atoms with Gasteiger partial charge in [0.15, 0.2) is 0 Å². The lowest BCUT2D eigenvalue weighted by Gasteiger charge is -2.30. The monoisotopic (exact) mass is 508 g/mol. The van der Waals surface area contributed by atoms with Gasteiger partial charge in [-0.3, -0.25) is 9.59 Å². The van der Waals surface area contributed by atoms with Gasteiger partial charge < -0.3 is 29.6 Å². The number of carbonyl (C=O) groups excluding carboxylic acids is 3. The van der Waals surface area contributed by atoms with Gasteiger partial charge in [-0.2, -0.15) is 0 Å². The van der Waals surface area contributed by atoms with E-state index in [1.807, 2.05) is 62.5 Å². The molecular formula is C28H36N4O5. The number of aromatic nitrogens is 1. The Labute approximate surface area is 217 Å². The fourth-order valence-corrected chi connectivity index (χ4v) is 4.12. The van der Waals surface area contributed by atoms with Crippen molar-refractivity contribution in [2.75, 3.05) is 33.4 Å². The molecule has 0 spiro atoms. The summed E-state index contributed by atoms with van der Waals surface area (Å²) in [6.45, 7) is 5.99. The molecule has 0 aliphatic carbocycles. The van der Waals surface area contributed by atoms with Crippen LogP contribution in [0.25, 0.3) is 10.9 Å². The Morgan fingerprint density at radius 2 is 1.76 bits per heavy atom. The van der Waals surface area contributed by atoms with Gasteiger partial charge in [0.1, 0.15) is 18.8 Å². The molecule has 1 heterocycles. The van der Waals surface area contributed by atoms with E-state index in [4.69, 9.17) is 9.47 Å². The van der Waals surface area contributed by atoms with Crippen molar-refractivity contribution in [3.05, 3.63) is 65.9 Å². The number of para-hydroxylation sites is 2. The number of carbonyl (C=O) groups is 3. The van der Waals surface area contributed by atoms with Crippen LogP contribution in [0.15, 0.2) is 54.7 Å². The number of methoxy groups -OCH3 is 1. The summed E-state index contributed by atoms with van der Waals surface area (Å²) in [5.74, 6) is -0.0339. The zero-order chi connectivity index (χ0) is 26.8. The number of H-pyrrole nitrogens is 1. The number of ether oxygens (including phenoxy) is 2. The molecule has 0 atom stereocenters. The van der Waals surface area contributed by atoms with E-state index < -0.39 is 12.0 Å². The molecule has 1 aromatic heterocycles. The number of esters is 1. The van der Waals surface area contributed by atoms with E-state index in [1.165, 1.54) is 4.90 Å². The SMILES string of the molecule is CCOC(=O)CNC(=O)N(CC(=O)N(CCc1c[nH]c2ccccc12)Cc1ccccc1OC)C(C)C. The lowest BCUT2D eigenvalue weighted by Crippen LogP contribution is -2.50. The summed E-state index contributed by atoms with van der Waals surface area (Å²) in [7, 11) is 1.60. The number of rotatable bonds is 12. The van der Waals surface area contributed by atoms with Gasteiger partial charge in [-0.15, -0.1) is 0 Å². The Bertz CT molecular complexity index is 1210. The zero-order valence-corrected chi connectivity index (χ0v) is 22.0. The van der Waals surface area contributed by atoms with E-state index in [0.717, 1.165) is 22.0 Å². The molecule has 0 saturated carbocycles. The van der Waals surface area contributed by atoms with Crippen molar-refractivity contribution in [3.63, 3.8) is 0 Å². The van der Waals surface area contributed by atoms with Crippen LogP contribution in [0.3, 0.4) is 0 Å². The topological polar surface area (TPSA) is 104 Å². The third-order valence-corrected chi connectivity index (χ3v) is 6.11. The van der Waals surface area contributed by atoms with Gasteiger partial charge in [0, 0.05) is 41.8 Å². The van der Waals surface area contributed by atoms with E-state index >= 15 is 0 Å². The van der Waals surface area contributed by atoms with Crippen molar-refractivity contribution in [2.24, 2.45) is 0 Å². The number of urea groups is 1. The molecule has 0 aliphatic heterocycles. The first-order chi connectivity index (χ1) is 17.8. The molecule has 0 saturated heterocycles. The smallest absolute Gasteiger partial charge is 0.325 e. The van der Waals surface area contributed by atoms with Crippen molar-refractivity contribution in [1.82, 2.24) is 20.1 Å². The van der Waals surface area contributed by atoms with Crippen LogP contribution in [0.1, 0.15) is 31.9 Å². The normalized spacial score (nSPS) is 10.8. The minimum atomic E-state index is -0.526. The Kier molecular flexibility index (Phi) is 9.94. The maximum absolute atomic E-state index is 13.6. The molecule has 3 aromatic rings. The molecule has 3 amide bonds. The molecule has 0 aliphatic rings. The Hall–Kier alpha value is -4.01. The second-order valence-corrected chi connectivity index (χ2v) is 8.92. The molecule has 0 fully saturated rings. The van der Waals surface area contributed by atoms with E-state index in [-0.39, 0.29) is 31.6 Å². The van der Waals surface area contributed by atoms with Crippen LogP contribution in [-0.4, -0.2) is 72.1 Å². The van der Waals surface area contributed by atoms with Crippen LogP contribution in [0, 0.1) is 0 Å². The van der Waals surface area contributed by atoms with Gasteiger partial charge in [-0.25, -0.2) is 4.79 Å². The summed E-state index contributed by atoms with van der Waals surface area (Å²) in [5.41, 5.74) is 3.03. The number of nitrogens with zero attached hydrogens (tertiary/aromatic N) is 2. The number of benzene rings is 2. The van der Waals surface area contributed by atoms with Gasteiger partial charge in [0.05, 0.1) is 13.7 Å². The highest BCUT2D eigenvalue weighted by Crippen LogP contribution is 2.22. The van der Waals surface area contributed by atoms with Crippen molar-refractivity contribution < 1.29 is 23.9 Å². The second-order valence-electron chi connectivity index (χ2n) is 8.92. The lowest BCUT2D eigenvalue weighted by atomic mass is 10.1. The molecular weight excluding hydrogens is 472 g/mol. The van der Waals surface area contributed by atoms with E-state index in [9.17, 15) is 14.4 Å². The van der Waals surface area contributed by atoms with Crippen LogP contribution >= 0.6 is 0 Å². The minimum Gasteiger partial charge on any atom is -0.496 e. The quantitative estimate of drug-likeness (QED) is 0.363. The number of fused-ring (bicyclic) bond motifs is 1. The lowest BCUT2D eigenvalue weighted by molar-refractivity contribution is -0.141. The van der Waals surface area contributed by atoms with Gasteiger partial charge in [0.2, 0.25) is 5.91 Å². The molecule has 37 heavy (non-hydrogen) atoms. The standard InChI is InChI=1S/C28H36N4O5/c1-5-37-27(34)17-30-28(35)32(20(2)3)19-26(33)31(18-22-10-6-9-13-25(22)36-4)15-14-21-16-29-24-12-8-7-11-23(21)24/h6-13,16,20,29H,5,14-15,17-19H2,1-4H3,(H,30,35). The maximum Gasteiger partial charge on any atom is 0.325 e. The van der Waals surface area contributed by atoms with Crippen LogP contribution in [0.2, 0.25) is 0 Å². The molecule has 9 heteroatoms. The van der Waals surface area contributed by atoms with Crippen molar-refractivity contribution in [1.29, 1.82) is 0 Å². The fraction of sp³-hybridized carbons (Fsp3) is 0.393. The summed E-state index contributed by atoms with van der Waals surface area (Å²) in [6, 6.07) is 14.9. The largest absolute Gasteiger partial charge is 0.496 e. The van der Waals surface area contributed by atoms with Crippen LogP contribution in [-0.2, 0) is 27.3 Å². The zero-order valence-electron chi connectivity index (χ0n) is 22.0. The second kappa shape index (κ2) is 13.3. The maximum atomic E-state index is 13.6. The summed E-state index contributed by atoms with van der Waals surface area (Å²) in [5, 5.41) is 3.67. The molecule has 0 bridgehead atoms. The molecule has 3 rings (SSSR count). The third kappa shape index (κ3) is 7.49. The van der Waals surface area contributed by atoms with Gasteiger partial charge >= 0.3 is 12.0 Å². The molecule has 9 nitrogen and oxygen atoms in total. The predicted molar refractivity (Wildman–Crippen MR) is 142 cm³/mol. The van der Waals surface area contributed by atoms with Crippen molar-refractivity contribution in [2.45, 2.75) is 39.8 Å². The number of hydrogen-bond acceptors (Lipinski definition) is 5. The first-order valence-electron chi connectivity index (χ1n) is 12.5. The van der Waals surface area contributed by atoms with Gasteiger partial charge in [0.25, 0.3) is 0 Å². The number of hydrogen-bond donors (Lipinski definition) is 2. The third-order valence-electron chi connectivity index (χ3n) is 6.11.